The molecule has 20 rings (SSSR count). The standard InChI is InChI=1S/C39H47N.C37H43N.C33H35N.C32H33N/c1-36(2,3)31-23-17-21-27(26-18-13-12-14-19-26)34(31)40(38(7,8)9)35-32(37(4,5)6)25-24-29-28-20-15-16-22-30(28)39(10,11)33(29)35;1-24(2)27-19-15-20-29(26-16-11-10-12-17-26)34(27)38(36(5,6)7)35-28(25(3)4)22-23-31-30-18-13-14-21-32(30)37(8,9)33(31)35;1-7-23-19-22-28-27-15-11-12-16-29(27)33(5,6)30(28)31(23)34(32(2,3)4)26-20-17-25(18-21-26)24-13-9-8-10-14-24;1-22-16-21-27-26-14-10-11-15-28(26)32(5,6)29(27)30(22)33(31(2,3)4)25-19-17-24(18-20-25)23-12-8-7-9-13-23/h12-25H,1-11H3;10-25H,1-9H3;8-22H,7H2,1-6H3;7-21H,1-6H3. The van der Waals surface area contributed by atoms with Gasteiger partial charge in [-0.05, 0) is 299 Å². The van der Waals surface area contributed by atoms with E-state index >= 15 is 0 Å². The third kappa shape index (κ3) is 19.1. The summed E-state index contributed by atoms with van der Waals surface area (Å²) in [5.74, 6) is 0.786. The van der Waals surface area contributed by atoms with Crippen molar-refractivity contribution in [3.05, 3.63) is 430 Å². The van der Waals surface area contributed by atoms with Crippen LogP contribution in [0.15, 0.2) is 352 Å². The summed E-state index contributed by atoms with van der Waals surface area (Å²) >= 11 is 0. The second-order valence-electron chi connectivity index (χ2n) is 49.8. The van der Waals surface area contributed by atoms with E-state index in [1.165, 1.54) is 212 Å². The van der Waals surface area contributed by atoms with Gasteiger partial charge in [-0.25, -0.2) is 0 Å². The summed E-state index contributed by atoms with van der Waals surface area (Å²) in [6.45, 7) is 75.4. The number of fused-ring (bicyclic) bond motifs is 12. The number of benzene rings is 16. The monoisotopic (exact) mass is 1910 g/mol. The Bertz CT molecular complexity index is 7420. The van der Waals surface area contributed by atoms with Gasteiger partial charge in [0.25, 0.3) is 0 Å². The topological polar surface area (TPSA) is 13.0 Å². The van der Waals surface area contributed by atoms with Gasteiger partial charge in [0.05, 0.1) is 17.1 Å². The van der Waals surface area contributed by atoms with Crippen LogP contribution in [-0.2, 0) is 38.9 Å². The lowest BCUT2D eigenvalue weighted by Crippen LogP contribution is -2.42. The van der Waals surface area contributed by atoms with E-state index in [2.05, 4.69) is 593 Å². The predicted octanol–water partition coefficient (Wildman–Crippen LogP) is 40.1. The third-order valence-corrected chi connectivity index (χ3v) is 31.1. The van der Waals surface area contributed by atoms with E-state index in [-0.39, 0.29) is 54.6 Å². The molecule has 0 amide bonds. The Morgan fingerprint density at radius 2 is 0.490 bits per heavy atom. The van der Waals surface area contributed by atoms with Gasteiger partial charge in [-0.1, -0.05) is 459 Å². The van der Waals surface area contributed by atoms with Crippen LogP contribution in [0.25, 0.3) is 89.0 Å². The van der Waals surface area contributed by atoms with Crippen molar-refractivity contribution < 1.29 is 0 Å². The molecule has 16 aromatic carbocycles. The maximum atomic E-state index is 2.71. The first-order chi connectivity index (χ1) is 68.4. The number of nitrogens with zero attached hydrogens (tertiary/aromatic N) is 4. The summed E-state index contributed by atoms with van der Waals surface area (Å²) in [6, 6.07) is 130. The van der Waals surface area contributed by atoms with E-state index in [1.54, 1.807) is 0 Å². The molecule has 145 heavy (non-hydrogen) atoms. The summed E-state index contributed by atoms with van der Waals surface area (Å²) in [5.41, 5.74) is 50.5. The number of anilines is 8. The van der Waals surface area contributed by atoms with Crippen molar-refractivity contribution in [1.29, 1.82) is 0 Å². The molecule has 0 atom stereocenters. The van der Waals surface area contributed by atoms with Crippen LogP contribution in [0.2, 0.25) is 0 Å². The lowest BCUT2D eigenvalue weighted by atomic mass is 9.75. The smallest absolute Gasteiger partial charge is 0.0533 e. The first kappa shape index (κ1) is 103. The highest BCUT2D eigenvalue weighted by molar-refractivity contribution is 5.98. The van der Waals surface area contributed by atoms with E-state index < -0.39 is 0 Å². The fourth-order valence-corrected chi connectivity index (χ4v) is 24.4. The Hall–Kier alpha value is -13.3. The molecular formula is C141H158N4. The van der Waals surface area contributed by atoms with Crippen LogP contribution in [0.1, 0.15) is 304 Å². The molecule has 0 aliphatic heterocycles. The summed E-state index contributed by atoms with van der Waals surface area (Å²) in [7, 11) is 0. The minimum Gasteiger partial charge on any atom is -0.336 e. The number of hydrogen-bond acceptors (Lipinski definition) is 4. The van der Waals surface area contributed by atoms with Gasteiger partial charge in [-0.3, -0.25) is 0 Å². The van der Waals surface area contributed by atoms with Crippen molar-refractivity contribution in [1.82, 2.24) is 0 Å². The Balaban J connectivity index is 0.000000133. The largest absolute Gasteiger partial charge is 0.336 e. The molecule has 4 aliphatic carbocycles. The van der Waals surface area contributed by atoms with Crippen molar-refractivity contribution in [3.8, 4) is 89.0 Å². The van der Waals surface area contributed by atoms with Gasteiger partial charge in [0.1, 0.15) is 0 Å². The van der Waals surface area contributed by atoms with Gasteiger partial charge < -0.3 is 19.6 Å². The van der Waals surface area contributed by atoms with Crippen LogP contribution >= 0.6 is 0 Å². The number of hydrogen-bond donors (Lipinski definition) is 0. The van der Waals surface area contributed by atoms with E-state index in [4.69, 9.17) is 0 Å². The first-order valence-electron chi connectivity index (χ1n) is 53.4. The maximum Gasteiger partial charge on any atom is 0.0533 e. The molecule has 0 saturated carbocycles. The zero-order valence-corrected chi connectivity index (χ0v) is 93.1. The second kappa shape index (κ2) is 38.9. The van der Waals surface area contributed by atoms with Crippen LogP contribution in [-0.4, -0.2) is 22.2 Å². The second-order valence-corrected chi connectivity index (χ2v) is 49.8. The molecule has 0 unspecified atom stereocenters. The quantitative estimate of drug-likeness (QED) is 0.101. The van der Waals surface area contributed by atoms with Crippen molar-refractivity contribution >= 4 is 45.5 Å². The molecule has 0 spiro atoms. The van der Waals surface area contributed by atoms with E-state index in [0.29, 0.717) is 11.8 Å². The Morgan fingerprint density at radius 1 is 0.214 bits per heavy atom. The summed E-state index contributed by atoms with van der Waals surface area (Å²) in [5, 5.41) is 0. The van der Waals surface area contributed by atoms with E-state index in [1.807, 2.05) is 0 Å². The van der Waals surface area contributed by atoms with Gasteiger partial charge in [0.15, 0.2) is 0 Å². The zero-order chi connectivity index (χ0) is 104. The number of para-hydroxylation sites is 2. The fraction of sp³-hybridized carbons (Fsp3) is 0.319. The lowest BCUT2D eigenvalue weighted by molar-refractivity contribution is 0.526. The van der Waals surface area contributed by atoms with Crippen LogP contribution in [0.4, 0.5) is 45.5 Å². The first-order valence-corrected chi connectivity index (χ1v) is 53.4. The average molecular weight is 1910 g/mol. The highest BCUT2D eigenvalue weighted by Crippen LogP contribution is 2.63. The molecule has 0 heterocycles. The molecule has 0 saturated heterocycles. The summed E-state index contributed by atoms with van der Waals surface area (Å²) in [4.78, 5) is 10.5. The van der Waals surface area contributed by atoms with Gasteiger partial charge in [-0.15, -0.1) is 0 Å². The van der Waals surface area contributed by atoms with Crippen LogP contribution in [0.3, 0.4) is 0 Å². The van der Waals surface area contributed by atoms with Crippen molar-refractivity contribution in [2.75, 3.05) is 19.6 Å². The van der Waals surface area contributed by atoms with Gasteiger partial charge in [0, 0.05) is 83.4 Å². The normalized spacial score (nSPS) is 14.2. The highest BCUT2D eigenvalue weighted by atomic mass is 15.2. The van der Waals surface area contributed by atoms with Gasteiger partial charge in [0.2, 0.25) is 0 Å². The Kier molecular flexibility index (Phi) is 27.7. The minimum atomic E-state index is -0.190. The molecule has 0 bridgehead atoms. The van der Waals surface area contributed by atoms with E-state index in [0.717, 1.165) is 6.42 Å². The molecule has 16 aromatic rings. The molecular weight excluding hydrogens is 1750 g/mol. The summed E-state index contributed by atoms with van der Waals surface area (Å²) in [6.07, 6.45) is 1.00. The Labute approximate surface area is 872 Å². The van der Waals surface area contributed by atoms with Crippen LogP contribution < -0.4 is 19.6 Å². The third-order valence-electron chi connectivity index (χ3n) is 31.1. The molecule has 4 heteroatoms. The SMILES string of the molecule is CC(C)(C)c1cccc(-c2ccccc2)c1N(c1c(C(C)(C)C)ccc2c1C(C)(C)c1ccccc1-2)C(C)(C)C.CC(C)c1cccc(-c2ccccc2)c1N(c1c(C(C)C)ccc2c1C(C)(C)c1ccccc1-2)C(C)(C)C.CCc1ccc2c(c1N(c1ccc(-c3ccccc3)cc1)C(C)(C)C)C(C)(C)c1ccccc1-2.Cc1ccc2c(c1N(c1ccc(-c3ccccc3)cc1)C(C)(C)C)C(C)(C)c1ccccc1-2. The van der Waals surface area contributed by atoms with E-state index in [9.17, 15) is 0 Å². The highest BCUT2D eigenvalue weighted by Gasteiger charge is 2.49. The molecule has 4 nitrogen and oxygen atoms in total. The Morgan fingerprint density at radius 3 is 0.855 bits per heavy atom. The molecule has 0 aromatic heterocycles. The van der Waals surface area contributed by atoms with Crippen molar-refractivity contribution in [2.24, 2.45) is 0 Å². The molecule has 742 valence electrons. The van der Waals surface area contributed by atoms with Crippen LogP contribution in [0.5, 0.6) is 0 Å². The average Bonchev–Trinajstić information content (AvgIpc) is 1.57. The van der Waals surface area contributed by atoms with Crippen molar-refractivity contribution in [3.63, 3.8) is 0 Å². The minimum absolute atomic E-state index is 0.0394. The van der Waals surface area contributed by atoms with Gasteiger partial charge >= 0.3 is 0 Å². The maximum absolute atomic E-state index is 2.71. The molecule has 0 N–H and O–H groups in total. The summed E-state index contributed by atoms with van der Waals surface area (Å²) < 4.78 is 0. The van der Waals surface area contributed by atoms with Crippen molar-refractivity contribution in [2.45, 2.75) is 294 Å². The molecule has 4 aliphatic rings. The number of aryl methyl sites for hydroxylation is 2. The van der Waals surface area contributed by atoms with Gasteiger partial charge in [-0.2, -0.15) is 0 Å². The lowest BCUT2D eigenvalue weighted by Gasteiger charge is -2.46. The predicted molar refractivity (Wildman–Crippen MR) is 631 cm³/mol. The molecule has 0 radical (unpaired) electrons. The fourth-order valence-electron chi connectivity index (χ4n) is 24.4. The zero-order valence-electron chi connectivity index (χ0n) is 93.1. The van der Waals surface area contributed by atoms with Crippen LogP contribution in [0, 0.1) is 6.92 Å². The molecule has 0 fully saturated rings. The number of rotatable bonds is 15.